The molecule has 4 atom stereocenters. The topological polar surface area (TPSA) is 83.1 Å². The lowest BCUT2D eigenvalue weighted by molar-refractivity contribution is -0.140. The Labute approximate surface area is 138 Å². The molecule has 4 rings (SSSR count). The number of hydrogen-bond acceptors (Lipinski definition) is 5. The zero-order chi connectivity index (χ0) is 16.2. The second-order valence-electron chi connectivity index (χ2n) is 6.34. The van der Waals surface area contributed by atoms with Gasteiger partial charge in [-0.25, -0.2) is 0 Å². The van der Waals surface area contributed by atoms with Crippen molar-refractivity contribution < 1.29 is 14.3 Å². The van der Waals surface area contributed by atoms with Crippen LogP contribution < -0.4 is 0 Å². The largest absolute Gasteiger partial charge is 0.349 e. The molecular weight excluding hydrogens is 316 g/mol. The summed E-state index contributed by atoms with van der Waals surface area (Å²) in [7, 11) is 0. The predicted octanol–water partition coefficient (Wildman–Crippen LogP) is 2.71. The van der Waals surface area contributed by atoms with Crippen molar-refractivity contribution in [1.82, 2.24) is 0 Å². The summed E-state index contributed by atoms with van der Waals surface area (Å²) < 4.78 is 11.4. The molecule has 6 heteroatoms. The Morgan fingerprint density at radius 3 is 2.61 bits per heavy atom. The molecule has 5 nitrogen and oxygen atoms in total. The maximum absolute atomic E-state index is 12.9. The van der Waals surface area contributed by atoms with Gasteiger partial charge in [-0.3, -0.25) is 4.79 Å². The molecule has 2 bridgehead atoms. The first-order chi connectivity index (χ1) is 11.1. The van der Waals surface area contributed by atoms with Crippen molar-refractivity contribution in [3.8, 4) is 12.1 Å². The first-order valence-electron chi connectivity index (χ1n) is 7.48. The van der Waals surface area contributed by atoms with Crippen LogP contribution in [0.15, 0.2) is 24.3 Å². The Hall–Kier alpha value is -1.92. The van der Waals surface area contributed by atoms with Crippen LogP contribution in [0.25, 0.3) is 0 Å². The van der Waals surface area contributed by atoms with Gasteiger partial charge in [-0.2, -0.15) is 10.5 Å². The number of carbonyl (C=O) groups excluding carboxylic acids is 1. The molecule has 0 N–H and O–H groups in total. The van der Waals surface area contributed by atoms with Crippen LogP contribution in [0, 0.1) is 39.4 Å². The number of fused-ring (bicyclic) bond motifs is 3. The number of nitriles is 2. The van der Waals surface area contributed by atoms with Gasteiger partial charge in [-0.05, 0) is 37.1 Å². The molecule has 1 spiro atoms. The Morgan fingerprint density at radius 2 is 1.96 bits per heavy atom. The summed E-state index contributed by atoms with van der Waals surface area (Å²) in [4.78, 5) is 12.9. The molecule has 1 aromatic rings. The third-order valence-electron chi connectivity index (χ3n) is 5.39. The molecule has 2 aliphatic heterocycles. The molecule has 3 fully saturated rings. The predicted molar refractivity (Wildman–Crippen MR) is 79.2 cm³/mol. The van der Waals surface area contributed by atoms with Crippen LogP contribution in [0.2, 0.25) is 5.02 Å². The van der Waals surface area contributed by atoms with E-state index in [1.165, 1.54) is 0 Å². The minimum Gasteiger partial charge on any atom is -0.349 e. The van der Waals surface area contributed by atoms with Gasteiger partial charge in [0, 0.05) is 10.6 Å². The van der Waals surface area contributed by atoms with Gasteiger partial charge in [0.15, 0.2) is 17.5 Å². The number of hydrogen-bond donors (Lipinski definition) is 0. The number of rotatable bonds is 2. The molecule has 1 saturated carbocycles. The van der Waals surface area contributed by atoms with Gasteiger partial charge in [-0.1, -0.05) is 11.6 Å². The number of Topliss-reactive ketones (excluding diaryl/α,β-unsaturated/α-hetero) is 1. The first kappa shape index (κ1) is 14.7. The van der Waals surface area contributed by atoms with E-state index in [1.807, 2.05) is 0 Å². The van der Waals surface area contributed by atoms with Crippen molar-refractivity contribution in [3.63, 3.8) is 0 Å². The lowest BCUT2D eigenvalue weighted by atomic mass is 9.86. The highest BCUT2D eigenvalue weighted by Crippen LogP contribution is 2.76. The zero-order valence-electron chi connectivity index (χ0n) is 12.2. The lowest BCUT2D eigenvalue weighted by Gasteiger charge is -2.29. The van der Waals surface area contributed by atoms with Crippen molar-refractivity contribution in [3.05, 3.63) is 34.9 Å². The average Bonchev–Trinajstić information content (AvgIpc) is 2.94. The fraction of sp³-hybridized carbons (Fsp3) is 0.471. The quantitative estimate of drug-likeness (QED) is 0.779. The van der Waals surface area contributed by atoms with E-state index in [1.54, 1.807) is 24.3 Å². The van der Waals surface area contributed by atoms with Gasteiger partial charge in [0.1, 0.15) is 0 Å². The van der Waals surface area contributed by atoms with Crippen LogP contribution in [0.4, 0.5) is 0 Å². The highest BCUT2D eigenvalue weighted by Gasteiger charge is 2.86. The van der Waals surface area contributed by atoms with E-state index in [9.17, 15) is 15.3 Å². The minimum atomic E-state index is -1.39. The summed E-state index contributed by atoms with van der Waals surface area (Å²) in [6.45, 7) is 0.460. The van der Waals surface area contributed by atoms with Gasteiger partial charge >= 0.3 is 0 Å². The number of benzene rings is 1. The average molecular weight is 329 g/mol. The summed E-state index contributed by atoms with van der Waals surface area (Å²) in [6.07, 6.45) is 0.647. The molecule has 1 aliphatic carbocycles. The Morgan fingerprint density at radius 1 is 1.26 bits per heavy atom. The number of nitrogens with zero attached hydrogens (tertiary/aromatic N) is 2. The lowest BCUT2D eigenvalue weighted by Crippen LogP contribution is -2.35. The van der Waals surface area contributed by atoms with E-state index in [2.05, 4.69) is 12.1 Å². The van der Waals surface area contributed by atoms with Crippen molar-refractivity contribution in [1.29, 1.82) is 10.5 Å². The molecule has 2 heterocycles. The van der Waals surface area contributed by atoms with Crippen molar-refractivity contribution >= 4 is 17.4 Å². The Balaban J connectivity index is 1.75. The molecular formula is C17H13ClN2O3. The minimum absolute atomic E-state index is 0.00703. The third-order valence-corrected chi connectivity index (χ3v) is 5.64. The van der Waals surface area contributed by atoms with Gasteiger partial charge in [-0.15, -0.1) is 0 Å². The standard InChI is InChI=1S/C17H13ClN2O3/c18-11-3-1-10(2-4-11)13(21)14-16(8-19,9-20)17(14)6-5-12-7-22-15(17)23-12/h1-4,12,14-15H,5-7H2/t12-,14+,15+,17+/m1/s1. The fourth-order valence-electron chi connectivity index (χ4n) is 4.18. The van der Waals surface area contributed by atoms with E-state index in [0.29, 0.717) is 30.0 Å². The maximum atomic E-state index is 12.9. The molecule has 2 saturated heterocycles. The molecule has 0 aromatic heterocycles. The van der Waals surface area contributed by atoms with Crippen LogP contribution in [0.5, 0.6) is 0 Å². The summed E-state index contributed by atoms with van der Waals surface area (Å²) in [5, 5.41) is 19.8. The van der Waals surface area contributed by atoms with Crippen LogP contribution in [0.3, 0.4) is 0 Å². The Kier molecular flexibility index (Phi) is 3.05. The summed E-state index contributed by atoms with van der Waals surface area (Å²) in [5.41, 5.74) is -1.80. The normalized spacial score (nSPS) is 36.2. The molecule has 0 amide bonds. The van der Waals surface area contributed by atoms with Gasteiger partial charge in [0.05, 0.1) is 36.2 Å². The maximum Gasteiger partial charge on any atom is 0.169 e. The Bertz CT molecular complexity index is 750. The monoisotopic (exact) mass is 328 g/mol. The smallest absolute Gasteiger partial charge is 0.169 e. The molecule has 0 radical (unpaired) electrons. The summed E-state index contributed by atoms with van der Waals surface area (Å²) in [6, 6.07) is 10.7. The second-order valence-corrected chi connectivity index (χ2v) is 6.77. The van der Waals surface area contributed by atoms with Gasteiger partial charge < -0.3 is 9.47 Å². The van der Waals surface area contributed by atoms with Crippen molar-refractivity contribution in [2.75, 3.05) is 6.61 Å². The molecule has 116 valence electrons. The fourth-order valence-corrected chi connectivity index (χ4v) is 4.31. The molecule has 1 aromatic carbocycles. The van der Waals surface area contributed by atoms with E-state index in [0.717, 1.165) is 0 Å². The van der Waals surface area contributed by atoms with E-state index < -0.39 is 23.0 Å². The van der Waals surface area contributed by atoms with Crippen LogP contribution >= 0.6 is 11.6 Å². The SMILES string of the molecule is N#CC1(C#N)[C@H](C(=O)c2ccc(Cl)cc2)[C@]12CC[C@@H]1CO[C@H]2O1. The first-order valence-corrected chi connectivity index (χ1v) is 7.86. The molecule has 3 aliphatic rings. The third kappa shape index (κ3) is 1.70. The molecule has 23 heavy (non-hydrogen) atoms. The van der Waals surface area contributed by atoms with E-state index >= 15 is 0 Å². The van der Waals surface area contributed by atoms with E-state index in [-0.39, 0.29) is 11.9 Å². The van der Waals surface area contributed by atoms with Crippen molar-refractivity contribution in [2.45, 2.75) is 25.2 Å². The van der Waals surface area contributed by atoms with Crippen LogP contribution in [-0.2, 0) is 9.47 Å². The number of ether oxygens (including phenoxy) is 2. The summed E-state index contributed by atoms with van der Waals surface area (Å²) in [5.74, 6) is -0.947. The summed E-state index contributed by atoms with van der Waals surface area (Å²) >= 11 is 5.86. The molecule has 0 unspecified atom stereocenters. The van der Waals surface area contributed by atoms with Crippen LogP contribution in [-0.4, -0.2) is 24.8 Å². The van der Waals surface area contributed by atoms with Crippen molar-refractivity contribution in [2.24, 2.45) is 16.7 Å². The number of ketones is 1. The second kappa shape index (κ2) is 4.79. The van der Waals surface area contributed by atoms with Gasteiger partial charge in [0.2, 0.25) is 0 Å². The van der Waals surface area contributed by atoms with Crippen LogP contribution in [0.1, 0.15) is 23.2 Å². The van der Waals surface area contributed by atoms with E-state index in [4.69, 9.17) is 21.1 Å². The van der Waals surface area contributed by atoms with Gasteiger partial charge in [0.25, 0.3) is 0 Å². The number of carbonyl (C=O) groups is 1. The number of halogens is 1. The zero-order valence-corrected chi connectivity index (χ0v) is 12.9. The highest BCUT2D eigenvalue weighted by atomic mass is 35.5. The highest BCUT2D eigenvalue weighted by molar-refractivity contribution is 6.30.